The van der Waals surface area contributed by atoms with Crippen LogP contribution in [0.1, 0.15) is 41.5 Å². The number of methoxy groups -OCH3 is 2. The highest BCUT2D eigenvalue weighted by atomic mass is 16.5. The third kappa shape index (κ3) is 8.57. The van der Waals surface area contributed by atoms with Crippen LogP contribution in [0.3, 0.4) is 0 Å². The Bertz CT molecular complexity index is 1410. The van der Waals surface area contributed by atoms with E-state index >= 15 is 0 Å². The predicted molar refractivity (Wildman–Crippen MR) is 175 cm³/mol. The maximum atomic E-state index is 10.9. The summed E-state index contributed by atoms with van der Waals surface area (Å²) >= 11 is 0. The molecule has 224 valence electrons. The van der Waals surface area contributed by atoms with E-state index in [1.54, 1.807) is 14.2 Å². The van der Waals surface area contributed by atoms with Gasteiger partial charge in [0.2, 0.25) is 0 Å². The lowest BCUT2D eigenvalue weighted by Gasteiger charge is -2.38. The SMILES string of the molecule is COc1ccc(C2(O)CCN(Cc3ccccc3)CC2)cc1.COc1ccc(C2=CCN(Cc3ccccc3)CC2)cc1. The van der Waals surface area contributed by atoms with E-state index < -0.39 is 5.60 Å². The zero-order valence-electron chi connectivity index (χ0n) is 25.5. The lowest BCUT2D eigenvalue weighted by Crippen LogP contribution is -2.42. The maximum Gasteiger partial charge on any atom is 0.118 e. The second-order valence-electron chi connectivity index (χ2n) is 11.5. The smallest absolute Gasteiger partial charge is 0.118 e. The van der Waals surface area contributed by atoms with Crippen LogP contribution in [0.25, 0.3) is 5.57 Å². The van der Waals surface area contributed by atoms with Crippen molar-refractivity contribution < 1.29 is 14.6 Å². The predicted octanol–water partition coefficient (Wildman–Crippen LogP) is 7.16. The van der Waals surface area contributed by atoms with Crippen LogP contribution in [0.5, 0.6) is 11.5 Å². The average Bonchev–Trinajstić information content (AvgIpc) is 3.08. The molecule has 5 heteroatoms. The Kier molecular flexibility index (Phi) is 10.7. The summed E-state index contributed by atoms with van der Waals surface area (Å²) in [5.74, 6) is 1.75. The third-order valence-corrected chi connectivity index (χ3v) is 8.56. The van der Waals surface area contributed by atoms with Gasteiger partial charge in [-0.25, -0.2) is 0 Å². The van der Waals surface area contributed by atoms with Crippen molar-refractivity contribution in [3.63, 3.8) is 0 Å². The van der Waals surface area contributed by atoms with Crippen molar-refractivity contribution in [2.75, 3.05) is 40.4 Å². The van der Waals surface area contributed by atoms with E-state index in [0.29, 0.717) is 0 Å². The molecule has 1 saturated heterocycles. The van der Waals surface area contributed by atoms with E-state index in [0.717, 1.165) is 75.6 Å². The first kappa shape index (κ1) is 30.6. The molecular formula is C38H44N2O3. The number of aliphatic hydroxyl groups is 1. The molecule has 0 atom stereocenters. The molecule has 4 aromatic carbocycles. The van der Waals surface area contributed by atoms with E-state index in [2.05, 4.69) is 82.6 Å². The quantitative estimate of drug-likeness (QED) is 0.241. The van der Waals surface area contributed by atoms with Gasteiger partial charge in [-0.1, -0.05) is 91.0 Å². The van der Waals surface area contributed by atoms with Crippen LogP contribution in [-0.4, -0.2) is 55.3 Å². The standard InChI is InChI=1S/C19H23NO2.C19H21NO/c1-22-18-9-7-17(8-10-18)19(21)11-13-20(14-12-19)15-16-5-3-2-4-6-16;1-21-19-9-7-17(8-10-19)18-11-13-20(14-12-18)15-16-5-3-2-4-6-16/h2-10,21H,11-15H2,1H3;2-11H,12-15H2,1H3. The van der Waals surface area contributed by atoms with Crippen molar-refractivity contribution in [2.24, 2.45) is 0 Å². The van der Waals surface area contributed by atoms with Crippen molar-refractivity contribution in [2.45, 2.75) is 38.0 Å². The number of rotatable bonds is 8. The Morgan fingerprint density at radius 2 is 1.14 bits per heavy atom. The summed E-state index contributed by atoms with van der Waals surface area (Å²) in [5, 5.41) is 10.9. The minimum absolute atomic E-state index is 0.709. The fraction of sp³-hybridized carbons (Fsp3) is 0.316. The number of piperidine rings is 1. The maximum absolute atomic E-state index is 10.9. The highest BCUT2D eigenvalue weighted by molar-refractivity contribution is 5.67. The molecule has 2 aliphatic heterocycles. The Morgan fingerprint density at radius 1 is 0.628 bits per heavy atom. The topological polar surface area (TPSA) is 45.2 Å². The number of likely N-dealkylation sites (tertiary alicyclic amines) is 1. The van der Waals surface area contributed by atoms with Gasteiger partial charge in [0.25, 0.3) is 0 Å². The molecule has 4 aromatic rings. The van der Waals surface area contributed by atoms with Gasteiger partial charge in [0.1, 0.15) is 11.5 Å². The molecule has 0 radical (unpaired) electrons. The number of benzene rings is 4. The Morgan fingerprint density at radius 3 is 1.63 bits per heavy atom. The highest BCUT2D eigenvalue weighted by Crippen LogP contribution is 2.34. The number of ether oxygens (including phenoxy) is 2. The molecule has 5 nitrogen and oxygen atoms in total. The number of hydrogen-bond donors (Lipinski definition) is 1. The number of hydrogen-bond acceptors (Lipinski definition) is 5. The van der Waals surface area contributed by atoms with Crippen molar-refractivity contribution >= 4 is 5.57 Å². The second-order valence-corrected chi connectivity index (χ2v) is 11.5. The summed E-state index contributed by atoms with van der Waals surface area (Å²) in [7, 11) is 3.36. The first-order valence-corrected chi connectivity index (χ1v) is 15.3. The summed E-state index contributed by atoms with van der Waals surface area (Å²) in [6, 6.07) is 37.4. The summed E-state index contributed by atoms with van der Waals surface area (Å²) in [6.07, 6.45) is 5.01. The van der Waals surface area contributed by atoms with Gasteiger partial charge >= 0.3 is 0 Å². The van der Waals surface area contributed by atoms with E-state index in [4.69, 9.17) is 9.47 Å². The Balaban J connectivity index is 0.000000171. The van der Waals surface area contributed by atoms with Crippen molar-refractivity contribution in [3.05, 3.63) is 138 Å². The van der Waals surface area contributed by atoms with Gasteiger partial charge in [-0.3, -0.25) is 9.80 Å². The van der Waals surface area contributed by atoms with E-state index in [1.807, 2.05) is 42.5 Å². The van der Waals surface area contributed by atoms with Crippen LogP contribution in [0.2, 0.25) is 0 Å². The molecule has 43 heavy (non-hydrogen) atoms. The van der Waals surface area contributed by atoms with Crippen LogP contribution in [-0.2, 0) is 18.7 Å². The summed E-state index contributed by atoms with van der Waals surface area (Å²) in [4.78, 5) is 4.90. The molecule has 0 saturated carbocycles. The molecule has 2 aliphatic rings. The minimum atomic E-state index is -0.709. The Labute approximate surface area is 257 Å². The molecule has 0 bridgehead atoms. The minimum Gasteiger partial charge on any atom is -0.497 e. The molecule has 0 amide bonds. The van der Waals surface area contributed by atoms with Crippen LogP contribution in [0, 0.1) is 0 Å². The highest BCUT2D eigenvalue weighted by Gasteiger charge is 2.33. The molecule has 0 spiro atoms. The van der Waals surface area contributed by atoms with E-state index in [1.165, 1.54) is 22.3 Å². The zero-order chi connectivity index (χ0) is 29.9. The van der Waals surface area contributed by atoms with Crippen LogP contribution >= 0.6 is 0 Å². The largest absolute Gasteiger partial charge is 0.497 e. The van der Waals surface area contributed by atoms with Crippen molar-refractivity contribution in [1.82, 2.24) is 9.80 Å². The van der Waals surface area contributed by atoms with Crippen LogP contribution in [0.15, 0.2) is 115 Å². The fourth-order valence-corrected chi connectivity index (χ4v) is 5.88. The number of nitrogens with zero attached hydrogens (tertiary/aromatic N) is 2. The van der Waals surface area contributed by atoms with Gasteiger partial charge in [-0.2, -0.15) is 0 Å². The average molecular weight is 577 g/mol. The van der Waals surface area contributed by atoms with Crippen LogP contribution < -0.4 is 9.47 Å². The Hall–Kier alpha value is -3.90. The normalized spacial score (nSPS) is 16.9. The molecular weight excluding hydrogens is 532 g/mol. The lowest BCUT2D eigenvalue weighted by atomic mass is 9.84. The van der Waals surface area contributed by atoms with Gasteiger partial charge in [0.15, 0.2) is 0 Å². The van der Waals surface area contributed by atoms with Crippen molar-refractivity contribution in [1.29, 1.82) is 0 Å². The molecule has 1 N–H and O–H groups in total. The molecule has 0 aliphatic carbocycles. The molecule has 2 heterocycles. The fourth-order valence-electron chi connectivity index (χ4n) is 5.88. The van der Waals surface area contributed by atoms with Crippen molar-refractivity contribution in [3.8, 4) is 11.5 Å². The zero-order valence-corrected chi connectivity index (χ0v) is 25.5. The molecule has 0 aromatic heterocycles. The molecule has 6 rings (SSSR count). The molecule has 0 unspecified atom stereocenters. The van der Waals surface area contributed by atoms with Gasteiger partial charge in [0, 0.05) is 39.3 Å². The van der Waals surface area contributed by atoms with Crippen LogP contribution in [0.4, 0.5) is 0 Å². The summed E-state index contributed by atoms with van der Waals surface area (Å²) in [5.41, 5.74) is 5.76. The monoisotopic (exact) mass is 576 g/mol. The van der Waals surface area contributed by atoms with Gasteiger partial charge < -0.3 is 14.6 Å². The van der Waals surface area contributed by atoms with E-state index in [-0.39, 0.29) is 0 Å². The summed E-state index contributed by atoms with van der Waals surface area (Å²) in [6.45, 7) is 5.96. The van der Waals surface area contributed by atoms with E-state index in [9.17, 15) is 5.11 Å². The molecule has 1 fully saturated rings. The first-order chi connectivity index (χ1) is 21.0. The third-order valence-electron chi connectivity index (χ3n) is 8.56. The van der Waals surface area contributed by atoms with Gasteiger partial charge in [-0.05, 0) is 71.4 Å². The lowest BCUT2D eigenvalue weighted by molar-refractivity contribution is -0.0277. The van der Waals surface area contributed by atoms with Gasteiger partial charge in [-0.15, -0.1) is 0 Å². The second kappa shape index (κ2) is 15.0. The summed E-state index contributed by atoms with van der Waals surface area (Å²) < 4.78 is 10.4. The first-order valence-electron chi connectivity index (χ1n) is 15.3. The van der Waals surface area contributed by atoms with Gasteiger partial charge in [0.05, 0.1) is 19.8 Å².